The van der Waals surface area contributed by atoms with Gasteiger partial charge in [-0.3, -0.25) is 0 Å². The molecule has 4 nitrogen and oxygen atoms in total. The van der Waals surface area contributed by atoms with Gasteiger partial charge in [0.2, 0.25) is 10.0 Å². The topological polar surface area (TPSA) is 46.6 Å². The molecule has 1 saturated heterocycles. The van der Waals surface area contributed by atoms with E-state index in [1.54, 1.807) is 13.8 Å². The lowest BCUT2D eigenvalue weighted by Gasteiger charge is -2.33. The van der Waals surface area contributed by atoms with Crippen molar-refractivity contribution >= 4 is 10.0 Å². The summed E-state index contributed by atoms with van der Waals surface area (Å²) < 4.78 is 45.4. The van der Waals surface area contributed by atoms with Gasteiger partial charge in [-0.05, 0) is 44.0 Å². The molecule has 0 N–H and O–H groups in total. The molecule has 1 heterocycles. The molecule has 0 saturated carbocycles. The van der Waals surface area contributed by atoms with Crippen LogP contribution in [0.25, 0.3) is 0 Å². The predicted molar refractivity (Wildman–Crippen MR) is 70.0 cm³/mol. The van der Waals surface area contributed by atoms with E-state index in [4.69, 9.17) is 4.74 Å². The van der Waals surface area contributed by atoms with Crippen molar-refractivity contribution in [1.82, 2.24) is 4.31 Å². The number of benzene rings is 1. The average molecular weight is 287 g/mol. The Hall–Kier alpha value is -0.980. The third kappa shape index (κ3) is 2.66. The van der Waals surface area contributed by atoms with Crippen molar-refractivity contribution in [2.75, 3.05) is 19.8 Å². The first-order valence-corrected chi connectivity index (χ1v) is 7.64. The SMILES string of the molecule is Cc1cc(F)cc(C)c1S(=O)(=O)N1CCOC[C@H]1C. The van der Waals surface area contributed by atoms with Gasteiger partial charge in [0.1, 0.15) is 5.82 Å². The van der Waals surface area contributed by atoms with Crippen LogP contribution in [0.15, 0.2) is 17.0 Å². The van der Waals surface area contributed by atoms with E-state index >= 15 is 0 Å². The maximum atomic E-state index is 13.3. The van der Waals surface area contributed by atoms with Gasteiger partial charge in [-0.15, -0.1) is 0 Å². The van der Waals surface area contributed by atoms with Gasteiger partial charge in [-0.1, -0.05) is 0 Å². The predicted octanol–water partition coefficient (Wildman–Crippen LogP) is 1.85. The highest BCUT2D eigenvalue weighted by Gasteiger charge is 2.33. The van der Waals surface area contributed by atoms with E-state index in [0.29, 0.717) is 30.9 Å². The van der Waals surface area contributed by atoms with Crippen molar-refractivity contribution in [3.05, 3.63) is 29.1 Å². The highest BCUT2D eigenvalue weighted by atomic mass is 32.2. The number of aryl methyl sites for hydroxylation is 2. The first-order valence-electron chi connectivity index (χ1n) is 6.20. The van der Waals surface area contributed by atoms with E-state index in [1.807, 2.05) is 6.92 Å². The van der Waals surface area contributed by atoms with Crippen molar-refractivity contribution < 1.29 is 17.5 Å². The number of ether oxygens (including phenoxy) is 1. The van der Waals surface area contributed by atoms with Gasteiger partial charge < -0.3 is 4.74 Å². The molecule has 1 aliphatic heterocycles. The molecule has 1 aliphatic rings. The molecule has 106 valence electrons. The van der Waals surface area contributed by atoms with Crippen LogP contribution >= 0.6 is 0 Å². The quantitative estimate of drug-likeness (QED) is 0.834. The molecule has 1 atom stereocenters. The number of nitrogens with zero attached hydrogens (tertiary/aromatic N) is 1. The second-order valence-electron chi connectivity index (χ2n) is 4.91. The number of rotatable bonds is 2. The second-order valence-corrected chi connectivity index (χ2v) is 6.74. The van der Waals surface area contributed by atoms with Crippen LogP contribution < -0.4 is 0 Å². The first-order chi connectivity index (χ1) is 8.84. The smallest absolute Gasteiger partial charge is 0.244 e. The maximum Gasteiger partial charge on any atom is 0.244 e. The summed E-state index contributed by atoms with van der Waals surface area (Å²) in [7, 11) is -3.60. The average Bonchev–Trinajstić information content (AvgIpc) is 2.27. The molecule has 0 radical (unpaired) electrons. The molecule has 0 unspecified atom stereocenters. The van der Waals surface area contributed by atoms with Crippen LogP contribution in [0.5, 0.6) is 0 Å². The number of hydrogen-bond acceptors (Lipinski definition) is 3. The number of halogens is 1. The van der Waals surface area contributed by atoms with Crippen LogP contribution in [0.4, 0.5) is 4.39 Å². The van der Waals surface area contributed by atoms with E-state index < -0.39 is 15.8 Å². The first kappa shape index (κ1) is 14.4. The van der Waals surface area contributed by atoms with E-state index in [2.05, 4.69) is 0 Å². The molecular weight excluding hydrogens is 269 g/mol. The van der Waals surface area contributed by atoms with Crippen molar-refractivity contribution in [1.29, 1.82) is 0 Å². The molecule has 0 amide bonds. The standard InChI is InChI=1S/C13H18FNO3S/c1-9-6-12(14)7-10(2)13(9)19(16,17)15-4-5-18-8-11(15)3/h6-7,11H,4-5,8H2,1-3H3/t11-/m1/s1. The number of morpholine rings is 1. The normalized spacial score (nSPS) is 21.6. The highest BCUT2D eigenvalue weighted by Crippen LogP contribution is 2.27. The highest BCUT2D eigenvalue weighted by molar-refractivity contribution is 7.89. The number of hydrogen-bond donors (Lipinski definition) is 0. The van der Waals surface area contributed by atoms with Crippen molar-refractivity contribution in [2.24, 2.45) is 0 Å². The zero-order valence-electron chi connectivity index (χ0n) is 11.3. The van der Waals surface area contributed by atoms with Crippen molar-refractivity contribution in [2.45, 2.75) is 31.7 Å². The fourth-order valence-corrected chi connectivity index (χ4v) is 4.51. The molecule has 0 aromatic heterocycles. The molecule has 19 heavy (non-hydrogen) atoms. The molecule has 1 aromatic rings. The van der Waals surface area contributed by atoms with Gasteiger partial charge in [-0.25, -0.2) is 12.8 Å². The summed E-state index contributed by atoms with van der Waals surface area (Å²) in [5.41, 5.74) is 0.882. The fourth-order valence-electron chi connectivity index (χ4n) is 2.49. The van der Waals surface area contributed by atoms with Gasteiger partial charge >= 0.3 is 0 Å². The minimum atomic E-state index is -3.60. The Bertz CT molecular complexity index is 563. The number of sulfonamides is 1. The molecule has 0 spiro atoms. The molecule has 1 fully saturated rings. The van der Waals surface area contributed by atoms with Crippen LogP contribution in [-0.2, 0) is 14.8 Å². The molecule has 0 aliphatic carbocycles. The van der Waals surface area contributed by atoms with Gasteiger partial charge in [-0.2, -0.15) is 4.31 Å². The Morgan fingerprint density at radius 3 is 2.42 bits per heavy atom. The summed E-state index contributed by atoms with van der Waals surface area (Å²) in [5.74, 6) is -0.413. The van der Waals surface area contributed by atoms with Crippen molar-refractivity contribution in [3.63, 3.8) is 0 Å². The van der Waals surface area contributed by atoms with Gasteiger partial charge in [0.15, 0.2) is 0 Å². The van der Waals surface area contributed by atoms with Crippen LogP contribution in [0.1, 0.15) is 18.1 Å². The molecular formula is C13H18FNO3S. The summed E-state index contributed by atoms with van der Waals surface area (Å²) in [6, 6.07) is 2.30. The Balaban J connectivity index is 2.50. The minimum Gasteiger partial charge on any atom is -0.378 e. The monoisotopic (exact) mass is 287 g/mol. The van der Waals surface area contributed by atoms with Gasteiger partial charge in [0.05, 0.1) is 18.1 Å². The van der Waals surface area contributed by atoms with E-state index in [9.17, 15) is 12.8 Å². The Morgan fingerprint density at radius 1 is 1.32 bits per heavy atom. The largest absolute Gasteiger partial charge is 0.378 e. The zero-order chi connectivity index (χ0) is 14.2. The van der Waals surface area contributed by atoms with Crippen LogP contribution in [-0.4, -0.2) is 38.5 Å². The summed E-state index contributed by atoms with van der Waals surface area (Å²) in [4.78, 5) is 0.211. The second kappa shape index (κ2) is 5.19. The maximum absolute atomic E-state index is 13.3. The van der Waals surface area contributed by atoms with Crippen LogP contribution in [0.3, 0.4) is 0 Å². The van der Waals surface area contributed by atoms with Gasteiger partial charge in [0.25, 0.3) is 0 Å². The zero-order valence-corrected chi connectivity index (χ0v) is 12.1. The van der Waals surface area contributed by atoms with E-state index in [0.717, 1.165) is 0 Å². The van der Waals surface area contributed by atoms with Crippen LogP contribution in [0.2, 0.25) is 0 Å². The van der Waals surface area contributed by atoms with E-state index in [1.165, 1.54) is 16.4 Å². The van der Waals surface area contributed by atoms with E-state index in [-0.39, 0.29) is 10.9 Å². The third-order valence-electron chi connectivity index (χ3n) is 3.30. The minimum absolute atomic E-state index is 0.206. The summed E-state index contributed by atoms with van der Waals surface area (Å²) >= 11 is 0. The van der Waals surface area contributed by atoms with Gasteiger partial charge in [0, 0.05) is 12.6 Å². The molecule has 6 heteroatoms. The Morgan fingerprint density at radius 2 is 1.89 bits per heavy atom. The molecule has 0 bridgehead atoms. The summed E-state index contributed by atoms with van der Waals surface area (Å²) in [6.45, 7) is 6.16. The summed E-state index contributed by atoms with van der Waals surface area (Å²) in [5, 5.41) is 0. The lowest BCUT2D eigenvalue weighted by molar-refractivity contribution is 0.0392. The Labute approximate surface area is 113 Å². The Kier molecular flexibility index (Phi) is 3.94. The molecule has 2 rings (SSSR count). The van der Waals surface area contributed by atoms with Crippen LogP contribution in [0, 0.1) is 19.7 Å². The fraction of sp³-hybridized carbons (Fsp3) is 0.538. The summed E-state index contributed by atoms with van der Waals surface area (Å²) in [6.07, 6.45) is 0. The molecule has 1 aromatic carbocycles. The lowest BCUT2D eigenvalue weighted by atomic mass is 10.1. The third-order valence-corrected chi connectivity index (χ3v) is 5.62. The lowest BCUT2D eigenvalue weighted by Crippen LogP contribution is -2.47. The van der Waals surface area contributed by atoms with Crippen molar-refractivity contribution in [3.8, 4) is 0 Å².